The van der Waals surface area contributed by atoms with Crippen molar-refractivity contribution >= 4 is 88.7 Å². The first kappa shape index (κ1) is 22.2. The molecule has 0 atom stereocenters. The van der Waals surface area contributed by atoms with Gasteiger partial charge in [0.2, 0.25) is 0 Å². The molecule has 6 aromatic rings. The Morgan fingerprint density at radius 2 is 0.868 bits per heavy atom. The van der Waals surface area contributed by atoms with Gasteiger partial charge in [-0.1, -0.05) is 36.4 Å². The van der Waals surface area contributed by atoms with Crippen LogP contribution >= 0.6 is 45.3 Å². The van der Waals surface area contributed by atoms with E-state index < -0.39 is 0 Å². The fourth-order valence-electron chi connectivity index (χ4n) is 4.97. The van der Waals surface area contributed by atoms with Crippen molar-refractivity contribution < 1.29 is 9.59 Å². The highest BCUT2D eigenvalue weighted by Gasteiger charge is 2.41. The van der Waals surface area contributed by atoms with E-state index in [2.05, 4.69) is 59.2 Å². The van der Waals surface area contributed by atoms with E-state index in [-0.39, 0.29) is 11.8 Å². The predicted molar refractivity (Wildman–Crippen MR) is 160 cm³/mol. The van der Waals surface area contributed by atoms with Gasteiger partial charge in [0.1, 0.15) is 0 Å². The van der Waals surface area contributed by atoms with Gasteiger partial charge in [-0.25, -0.2) is 0 Å². The Hall–Kier alpha value is -3.82. The standard InChI is InChI=1S/C30H16N2O2S4/c33-29-25-26(28(32-29)22-12-10-20(38-22)24-14-16-6-2-4-8-18(16)36-24)30(34)31-27(25)21-11-9-19(37-21)23-13-15-5-1-3-7-17(15)35-23/h1-14H,(H,31,34)(H,32,33). The number of hydrogen-bond donors (Lipinski definition) is 2. The smallest absolute Gasteiger partial charge is 0.258 e. The summed E-state index contributed by atoms with van der Waals surface area (Å²) in [6.07, 6.45) is 0. The van der Waals surface area contributed by atoms with Gasteiger partial charge in [-0.05, 0) is 59.3 Å². The third-order valence-corrected chi connectivity index (χ3v) is 11.6. The molecule has 0 fully saturated rings. The molecule has 2 aliphatic rings. The highest BCUT2D eigenvalue weighted by atomic mass is 32.1. The van der Waals surface area contributed by atoms with E-state index in [1.54, 1.807) is 45.3 Å². The number of fused-ring (bicyclic) bond motifs is 3. The minimum Gasteiger partial charge on any atom is -0.320 e. The molecule has 0 bridgehead atoms. The quantitative estimate of drug-likeness (QED) is 0.228. The SMILES string of the molecule is O=C1NC(c2ccc(-c3cc4ccccc4s3)s2)=C2C(=O)NC(c3ccc(-c4cc5ccccc5s4)s3)=C12. The summed E-state index contributed by atoms with van der Waals surface area (Å²) in [5.74, 6) is -0.478. The molecule has 182 valence electrons. The van der Waals surface area contributed by atoms with Gasteiger partial charge in [-0.15, -0.1) is 45.3 Å². The maximum absolute atomic E-state index is 13.2. The lowest BCUT2D eigenvalue weighted by molar-refractivity contribution is -0.117. The van der Waals surface area contributed by atoms with Gasteiger partial charge in [-0.3, -0.25) is 9.59 Å². The largest absolute Gasteiger partial charge is 0.320 e. The minimum atomic E-state index is -0.239. The molecule has 8 rings (SSSR count). The zero-order valence-corrected chi connectivity index (χ0v) is 22.8. The average Bonchev–Trinajstić information content (AvgIpc) is 3.76. The predicted octanol–water partition coefficient (Wildman–Crippen LogP) is 7.96. The van der Waals surface area contributed by atoms with Crippen molar-refractivity contribution in [3.63, 3.8) is 0 Å². The van der Waals surface area contributed by atoms with Gasteiger partial charge in [0, 0.05) is 28.9 Å². The highest BCUT2D eigenvalue weighted by molar-refractivity contribution is 7.27. The van der Waals surface area contributed by atoms with Gasteiger partial charge < -0.3 is 10.6 Å². The summed E-state index contributed by atoms with van der Waals surface area (Å²) in [7, 11) is 0. The van der Waals surface area contributed by atoms with Crippen LogP contribution < -0.4 is 10.6 Å². The molecule has 8 heteroatoms. The second-order valence-electron chi connectivity index (χ2n) is 9.03. The van der Waals surface area contributed by atoms with Crippen molar-refractivity contribution in [3.8, 4) is 19.5 Å². The summed E-state index contributed by atoms with van der Waals surface area (Å²) in [6.45, 7) is 0. The van der Waals surface area contributed by atoms with Crippen molar-refractivity contribution in [2.75, 3.05) is 0 Å². The molecule has 0 radical (unpaired) electrons. The van der Waals surface area contributed by atoms with E-state index in [1.165, 1.54) is 29.9 Å². The van der Waals surface area contributed by atoms with Crippen molar-refractivity contribution in [2.45, 2.75) is 0 Å². The van der Waals surface area contributed by atoms with Gasteiger partial charge in [-0.2, -0.15) is 0 Å². The molecule has 4 aromatic heterocycles. The summed E-state index contributed by atoms with van der Waals surface area (Å²) < 4.78 is 2.48. The number of amides is 2. The van der Waals surface area contributed by atoms with Gasteiger partial charge in [0.15, 0.2) is 0 Å². The number of hydrogen-bond acceptors (Lipinski definition) is 6. The second kappa shape index (κ2) is 8.34. The van der Waals surface area contributed by atoms with Crippen LogP contribution in [0, 0.1) is 0 Å². The van der Waals surface area contributed by atoms with Crippen LogP contribution in [0.3, 0.4) is 0 Å². The molecule has 0 spiro atoms. The van der Waals surface area contributed by atoms with E-state index in [0.29, 0.717) is 22.5 Å². The van der Waals surface area contributed by atoms with E-state index in [0.717, 1.165) is 19.5 Å². The highest BCUT2D eigenvalue weighted by Crippen LogP contribution is 2.45. The number of benzene rings is 2. The summed E-state index contributed by atoms with van der Waals surface area (Å²) in [5, 5.41) is 8.42. The average molecular weight is 565 g/mol. The molecule has 2 N–H and O–H groups in total. The van der Waals surface area contributed by atoms with Crippen LogP contribution in [0.5, 0.6) is 0 Å². The number of nitrogens with one attached hydrogen (secondary N) is 2. The van der Waals surface area contributed by atoms with Crippen molar-refractivity contribution in [2.24, 2.45) is 0 Å². The third kappa shape index (κ3) is 3.38. The fourth-order valence-corrected chi connectivity index (χ4v) is 9.28. The lowest BCUT2D eigenvalue weighted by Crippen LogP contribution is -2.20. The van der Waals surface area contributed by atoms with Crippen LogP contribution in [0.1, 0.15) is 9.75 Å². The molecule has 0 saturated carbocycles. The minimum absolute atomic E-state index is 0.239. The molecule has 2 aliphatic heterocycles. The maximum atomic E-state index is 13.2. The monoisotopic (exact) mass is 564 g/mol. The van der Waals surface area contributed by atoms with Crippen molar-refractivity contribution in [3.05, 3.63) is 106 Å². The Bertz CT molecular complexity index is 1820. The van der Waals surface area contributed by atoms with Crippen molar-refractivity contribution in [1.82, 2.24) is 10.6 Å². The van der Waals surface area contributed by atoms with E-state index >= 15 is 0 Å². The lowest BCUT2D eigenvalue weighted by atomic mass is 10.1. The van der Waals surface area contributed by atoms with Crippen LogP contribution in [0.25, 0.3) is 51.1 Å². The molecule has 2 amide bonds. The number of carbonyl (C=O) groups excluding carboxylic acids is 2. The van der Waals surface area contributed by atoms with Crippen LogP contribution in [0.2, 0.25) is 0 Å². The number of thiophene rings is 4. The first-order valence-electron chi connectivity index (χ1n) is 11.9. The number of carbonyl (C=O) groups is 2. The van der Waals surface area contributed by atoms with Gasteiger partial charge in [0.25, 0.3) is 11.8 Å². The van der Waals surface area contributed by atoms with Gasteiger partial charge in [0.05, 0.1) is 32.3 Å². The first-order chi connectivity index (χ1) is 18.6. The zero-order valence-electron chi connectivity index (χ0n) is 19.5. The molecular formula is C30H16N2O2S4. The third-order valence-electron chi connectivity index (χ3n) is 6.72. The summed E-state index contributed by atoms with van der Waals surface area (Å²) in [6, 6.07) is 29.2. The molecule has 2 aromatic carbocycles. The van der Waals surface area contributed by atoms with Gasteiger partial charge >= 0.3 is 0 Å². The normalized spacial score (nSPS) is 15.2. The molecular weight excluding hydrogens is 549 g/mol. The summed E-state index contributed by atoms with van der Waals surface area (Å²) >= 11 is 6.68. The fraction of sp³-hybridized carbons (Fsp3) is 0. The van der Waals surface area contributed by atoms with Crippen LogP contribution in [0.4, 0.5) is 0 Å². The van der Waals surface area contributed by atoms with E-state index in [4.69, 9.17) is 0 Å². The topological polar surface area (TPSA) is 58.2 Å². The Labute approximate surface area is 233 Å². The summed E-state index contributed by atoms with van der Waals surface area (Å²) in [4.78, 5) is 32.7. The van der Waals surface area contributed by atoms with Crippen molar-refractivity contribution in [1.29, 1.82) is 0 Å². The van der Waals surface area contributed by atoms with Crippen LogP contribution in [-0.2, 0) is 9.59 Å². The Kier molecular flexibility index (Phi) is 4.87. The Morgan fingerprint density at radius 1 is 0.447 bits per heavy atom. The molecule has 6 heterocycles. The zero-order chi connectivity index (χ0) is 25.4. The Balaban J connectivity index is 1.17. The second-order valence-corrected chi connectivity index (χ2v) is 13.4. The maximum Gasteiger partial charge on any atom is 0.258 e. The van der Waals surface area contributed by atoms with E-state index in [9.17, 15) is 9.59 Å². The lowest BCUT2D eigenvalue weighted by Gasteiger charge is -2.04. The molecule has 0 unspecified atom stereocenters. The summed E-state index contributed by atoms with van der Waals surface area (Å²) in [5.41, 5.74) is 2.06. The molecule has 4 nitrogen and oxygen atoms in total. The molecule has 0 saturated heterocycles. The number of rotatable bonds is 4. The molecule has 0 aliphatic carbocycles. The first-order valence-corrected chi connectivity index (χ1v) is 15.2. The van der Waals surface area contributed by atoms with Crippen LogP contribution in [-0.4, -0.2) is 11.8 Å². The van der Waals surface area contributed by atoms with Crippen LogP contribution in [0.15, 0.2) is 96.1 Å². The Morgan fingerprint density at radius 3 is 1.32 bits per heavy atom. The van der Waals surface area contributed by atoms with E-state index in [1.807, 2.05) is 36.4 Å². The molecule has 38 heavy (non-hydrogen) atoms.